The van der Waals surface area contributed by atoms with Gasteiger partial charge in [0.2, 0.25) is 0 Å². The molecule has 4 heteroatoms. The van der Waals surface area contributed by atoms with Gasteiger partial charge in [-0.05, 0) is 39.7 Å². The summed E-state index contributed by atoms with van der Waals surface area (Å²) in [6.45, 7) is 9.57. The minimum Gasteiger partial charge on any atom is -0.444 e. The molecule has 1 rings (SSSR count). The van der Waals surface area contributed by atoms with E-state index < -0.39 is 17.7 Å². The third kappa shape index (κ3) is 4.17. The Hall–Kier alpha value is -1.32. The molecule has 0 N–H and O–H groups in total. The van der Waals surface area contributed by atoms with Gasteiger partial charge in [0.25, 0.3) is 0 Å². The number of hydrogen-bond acceptors (Lipinski definition) is 3. The standard InChI is InChI=1S/C14H23NO3/c1-5-12(16)11-9-7-6-8-10-15(11)13(17)18-14(2,3)4/h5,11H,1,6-10H2,2-4H3. The Morgan fingerprint density at radius 1 is 1.28 bits per heavy atom. The molecule has 0 aromatic heterocycles. The predicted molar refractivity (Wildman–Crippen MR) is 70.4 cm³/mol. The molecule has 102 valence electrons. The summed E-state index contributed by atoms with van der Waals surface area (Å²) in [6.07, 6.45) is 4.52. The molecule has 1 amide bonds. The number of likely N-dealkylation sites (tertiary alicyclic amines) is 1. The van der Waals surface area contributed by atoms with Gasteiger partial charge in [-0.1, -0.05) is 19.4 Å². The fourth-order valence-electron chi connectivity index (χ4n) is 2.08. The highest BCUT2D eigenvalue weighted by Crippen LogP contribution is 2.20. The fourth-order valence-corrected chi connectivity index (χ4v) is 2.08. The minimum atomic E-state index is -0.537. The second-order valence-electron chi connectivity index (χ2n) is 5.65. The van der Waals surface area contributed by atoms with Crippen LogP contribution in [-0.4, -0.2) is 35.0 Å². The first-order valence-corrected chi connectivity index (χ1v) is 6.51. The van der Waals surface area contributed by atoms with Crippen molar-refractivity contribution in [2.45, 2.75) is 58.1 Å². The van der Waals surface area contributed by atoms with E-state index in [4.69, 9.17) is 4.74 Å². The summed E-state index contributed by atoms with van der Waals surface area (Å²) in [4.78, 5) is 25.5. The molecule has 1 aliphatic rings. The van der Waals surface area contributed by atoms with Crippen LogP contribution in [0.25, 0.3) is 0 Å². The van der Waals surface area contributed by atoms with Crippen LogP contribution in [0.4, 0.5) is 4.79 Å². The topological polar surface area (TPSA) is 46.6 Å². The molecule has 1 aliphatic heterocycles. The van der Waals surface area contributed by atoms with Crippen LogP contribution >= 0.6 is 0 Å². The monoisotopic (exact) mass is 253 g/mol. The highest BCUT2D eigenvalue weighted by atomic mass is 16.6. The Labute approximate surface area is 109 Å². The van der Waals surface area contributed by atoms with Gasteiger partial charge in [0.1, 0.15) is 5.60 Å². The maximum absolute atomic E-state index is 12.1. The molecule has 0 radical (unpaired) electrons. The molecule has 1 saturated heterocycles. The van der Waals surface area contributed by atoms with Gasteiger partial charge in [-0.15, -0.1) is 0 Å². The van der Waals surface area contributed by atoms with Crippen LogP contribution in [-0.2, 0) is 9.53 Å². The molecule has 0 bridgehead atoms. The van der Waals surface area contributed by atoms with Gasteiger partial charge >= 0.3 is 6.09 Å². The van der Waals surface area contributed by atoms with E-state index in [1.165, 1.54) is 6.08 Å². The van der Waals surface area contributed by atoms with Gasteiger partial charge in [-0.3, -0.25) is 9.69 Å². The summed E-state index contributed by atoms with van der Waals surface area (Å²) < 4.78 is 5.36. The maximum atomic E-state index is 12.1. The van der Waals surface area contributed by atoms with Crippen molar-refractivity contribution < 1.29 is 14.3 Å². The number of carbonyl (C=O) groups is 2. The Morgan fingerprint density at radius 2 is 1.94 bits per heavy atom. The summed E-state index contributed by atoms with van der Waals surface area (Å²) in [7, 11) is 0. The van der Waals surface area contributed by atoms with E-state index in [9.17, 15) is 9.59 Å². The van der Waals surface area contributed by atoms with E-state index in [2.05, 4.69) is 6.58 Å². The van der Waals surface area contributed by atoms with Crippen molar-refractivity contribution in [1.82, 2.24) is 4.90 Å². The Balaban J connectivity index is 2.82. The minimum absolute atomic E-state index is 0.0947. The van der Waals surface area contributed by atoms with Crippen molar-refractivity contribution in [3.63, 3.8) is 0 Å². The average molecular weight is 253 g/mol. The number of rotatable bonds is 2. The summed E-state index contributed by atoms with van der Waals surface area (Å²) in [6, 6.07) is -0.403. The van der Waals surface area contributed by atoms with Gasteiger partial charge in [0, 0.05) is 6.54 Å². The van der Waals surface area contributed by atoms with Crippen LogP contribution in [0.15, 0.2) is 12.7 Å². The van der Waals surface area contributed by atoms with Gasteiger partial charge in [-0.25, -0.2) is 4.79 Å². The zero-order chi connectivity index (χ0) is 13.8. The molecule has 1 heterocycles. The highest BCUT2D eigenvalue weighted by molar-refractivity contribution is 5.95. The average Bonchev–Trinajstić information content (AvgIpc) is 2.50. The predicted octanol–water partition coefficient (Wildman–Crippen LogP) is 2.92. The molecule has 1 fully saturated rings. The molecular formula is C14H23NO3. The van der Waals surface area contributed by atoms with Crippen LogP contribution in [0.1, 0.15) is 46.5 Å². The van der Waals surface area contributed by atoms with Crippen LogP contribution in [0.3, 0.4) is 0 Å². The van der Waals surface area contributed by atoms with E-state index in [1.807, 2.05) is 20.8 Å². The maximum Gasteiger partial charge on any atom is 0.410 e. The largest absolute Gasteiger partial charge is 0.444 e. The molecule has 1 unspecified atom stereocenters. The Morgan fingerprint density at radius 3 is 2.50 bits per heavy atom. The number of amides is 1. The van der Waals surface area contributed by atoms with Crippen molar-refractivity contribution in [2.24, 2.45) is 0 Å². The van der Waals surface area contributed by atoms with Crippen molar-refractivity contribution in [3.8, 4) is 0 Å². The van der Waals surface area contributed by atoms with E-state index in [0.717, 1.165) is 19.3 Å². The SMILES string of the molecule is C=CC(=O)C1CCCCCN1C(=O)OC(C)(C)C. The summed E-state index contributed by atoms with van der Waals surface area (Å²) in [5.74, 6) is -0.0947. The molecule has 4 nitrogen and oxygen atoms in total. The van der Waals surface area contributed by atoms with Crippen LogP contribution in [0, 0.1) is 0 Å². The Bertz CT molecular complexity index is 330. The van der Waals surface area contributed by atoms with Crippen LogP contribution in [0.2, 0.25) is 0 Å². The van der Waals surface area contributed by atoms with Crippen molar-refractivity contribution in [2.75, 3.05) is 6.54 Å². The zero-order valence-electron chi connectivity index (χ0n) is 11.6. The van der Waals surface area contributed by atoms with Gasteiger partial charge in [0.05, 0.1) is 6.04 Å². The molecule has 0 aromatic carbocycles. The zero-order valence-corrected chi connectivity index (χ0v) is 11.6. The third-order valence-electron chi connectivity index (χ3n) is 2.91. The van der Waals surface area contributed by atoms with Gasteiger partial charge in [-0.2, -0.15) is 0 Å². The normalized spacial score (nSPS) is 21.1. The molecule has 0 saturated carbocycles. The number of ketones is 1. The molecule has 18 heavy (non-hydrogen) atoms. The fraction of sp³-hybridized carbons (Fsp3) is 0.714. The van der Waals surface area contributed by atoms with Crippen molar-refractivity contribution in [3.05, 3.63) is 12.7 Å². The lowest BCUT2D eigenvalue weighted by atomic mass is 10.1. The lowest BCUT2D eigenvalue weighted by Crippen LogP contribution is -2.46. The van der Waals surface area contributed by atoms with E-state index in [-0.39, 0.29) is 5.78 Å². The number of carbonyl (C=O) groups excluding carboxylic acids is 2. The summed E-state index contributed by atoms with van der Waals surface area (Å²) in [5, 5.41) is 0. The molecule has 0 spiro atoms. The summed E-state index contributed by atoms with van der Waals surface area (Å²) >= 11 is 0. The second-order valence-corrected chi connectivity index (χ2v) is 5.65. The molecular weight excluding hydrogens is 230 g/mol. The lowest BCUT2D eigenvalue weighted by molar-refractivity contribution is -0.119. The van der Waals surface area contributed by atoms with E-state index >= 15 is 0 Å². The molecule has 0 aromatic rings. The number of ether oxygens (including phenoxy) is 1. The number of nitrogens with zero attached hydrogens (tertiary/aromatic N) is 1. The first-order chi connectivity index (χ1) is 8.35. The number of hydrogen-bond donors (Lipinski definition) is 0. The van der Waals surface area contributed by atoms with E-state index in [1.54, 1.807) is 4.90 Å². The van der Waals surface area contributed by atoms with Crippen LogP contribution in [0.5, 0.6) is 0 Å². The smallest absolute Gasteiger partial charge is 0.410 e. The van der Waals surface area contributed by atoms with E-state index in [0.29, 0.717) is 13.0 Å². The summed E-state index contributed by atoms with van der Waals surface area (Å²) in [5.41, 5.74) is -0.537. The third-order valence-corrected chi connectivity index (χ3v) is 2.91. The first-order valence-electron chi connectivity index (χ1n) is 6.51. The lowest BCUT2D eigenvalue weighted by Gasteiger charge is -2.30. The van der Waals surface area contributed by atoms with Gasteiger partial charge in [0.15, 0.2) is 5.78 Å². The van der Waals surface area contributed by atoms with Gasteiger partial charge < -0.3 is 4.74 Å². The molecule has 0 aliphatic carbocycles. The molecule has 1 atom stereocenters. The highest BCUT2D eigenvalue weighted by Gasteiger charge is 2.32. The quantitative estimate of drug-likeness (QED) is 0.711. The van der Waals surface area contributed by atoms with Crippen LogP contribution < -0.4 is 0 Å². The second kappa shape index (κ2) is 6.03. The van der Waals surface area contributed by atoms with Crippen molar-refractivity contribution >= 4 is 11.9 Å². The Kier molecular flexibility index (Phi) is 4.93. The van der Waals surface area contributed by atoms with Crippen molar-refractivity contribution in [1.29, 1.82) is 0 Å². The first kappa shape index (κ1) is 14.7.